The minimum absolute atomic E-state index is 0.304. The van der Waals surface area contributed by atoms with Crippen molar-refractivity contribution in [1.29, 1.82) is 0 Å². The van der Waals surface area contributed by atoms with Gasteiger partial charge in [-0.25, -0.2) is 4.68 Å². The third-order valence-corrected chi connectivity index (χ3v) is 3.86. The second kappa shape index (κ2) is 6.86. The summed E-state index contributed by atoms with van der Waals surface area (Å²) >= 11 is 11.9. The summed E-state index contributed by atoms with van der Waals surface area (Å²) < 4.78 is 1.72. The first-order chi connectivity index (χ1) is 11.1. The Bertz CT molecular complexity index is 831. The van der Waals surface area contributed by atoms with Crippen molar-refractivity contribution in [1.82, 2.24) is 9.78 Å². The molecule has 0 bridgehead atoms. The lowest BCUT2D eigenvalue weighted by Crippen LogP contribution is -2.16. The van der Waals surface area contributed by atoms with Gasteiger partial charge in [-0.05, 0) is 23.8 Å². The van der Waals surface area contributed by atoms with E-state index in [1.54, 1.807) is 35.1 Å². The van der Waals surface area contributed by atoms with Gasteiger partial charge in [0.05, 0.1) is 23.3 Å². The highest BCUT2D eigenvalue weighted by atomic mass is 35.5. The van der Waals surface area contributed by atoms with Crippen LogP contribution < -0.4 is 5.32 Å². The number of carbonyl (C=O) groups excluding carboxylic acids is 1. The largest absolute Gasteiger partial charge is 0.307 e. The Morgan fingerprint density at radius 3 is 2.61 bits per heavy atom. The van der Waals surface area contributed by atoms with Crippen LogP contribution in [0.5, 0.6) is 0 Å². The molecule has 116 valence electrons. The van der Waals surface area contributed by atoms with E-state index in [-0.39, 0.29) is 5.91 Å². The molecule has 0 saturated carbocycles. The summed E-state index contributed by atoms with van der Waals surface area (Å²) in [5, 5.41) is 7.86. The quantitative estimate of drug-likeness (QED) is 0.757. The molecule has 0 aliphatic heterocycles. The average Bonchev–Trinajstić information content (AvgIpc) is 2.95. The van der Waals surface area contributed by atoms with Crippen LogP contribution in [0, 0.1) is 0 Å². The molecule has 3 aromatic rings. The third-order valence-electron chi connectivity index (χ3n) is 3.31. The number of nitrogens with zero attached hydrogens (tertiary/aromatic N) is 2. The molecule has 6 heteroatoms. The molecule has 1 aromatic heterocycles. The van der Waals surface area contributed by atoms with E-state index in [1.165, 1.54) is 0 Å². The molecule has 0 atom stereocenters. The lowest BCUT2D eigenvalue weighted by molar-refractivity contribution is 0.102. The molecule has 3 rings (SSSR count). The maximum Gasteiger partial charge on any atom is 0.258 e. The molecule has 1 heterocycles. The van der Waals surface area contributed by atoms with Crippen molar-refractivity contribution in [2.45, 2.75) is 6.54 Å². The molecule has 4 nitrogen and oxygen atoms in total. The zero-order valence-electron chi connectivity index (χ0n) is 12.0. The molecule has 23 heavy (non-hydrogen) atoms. The molecule has 1 N–H and O–H groups in total. The monoisotopic (exact) mass is 345 g/mol. The second-order valence-electron chi connectivity index (χ2n) is 4.94. The Kier molecular flexibility index (Phi) is 4.65. The molecule has 0 radical (unpaired) electrons. The van der Waals surface area contributed by atoms with Gasteiger partial charge in [0.15, 0.2) is 0 Å². The Balaban J connectivity index is 1.78. The number of rotatable bonds is 4. The van der Waals surface area contributed by atoms with E-state index in [2.05, 4.69) is 10.4 Å². The van der Waals surface area contributed by atoms with Crippen molar-refractivity contribution in [3.8, 4) is 0 Å². The first kappa shape index (κ1) is 15.6. The SMILES string of the molecule is O=C(Nc1ccnn1Cc1ccccc1)c1ccc(Cl)cc1Cl. The predicted molar refractivity (Wildman–Crippen MR) is 92.2 cm³/mol. The van der Waals surface area contributed by atoms with E-state index in [0.717, 1.165) is 5.56 Å². The van der Waals surface area contributed by atoms with Gasteiger partial charge in [0, 0.05) is 11.1 Å². The van der Waals surface area contributed by atoms with Crippen LogP contribution in [-0.2, 0) is 6.54 Å². The van der Waals surface area contributed by atoms with Gasteiger partial charge in [-0.2, -0.15) is 5.10 Å². The number of anilines is 1. The molecule has 0 aliphatic rings. The predicted octanol–water partition coefficient (Wildman–Crippen LogP) is 4.49. The van der Waals surface area contributed by atoms with Crippen molar-refractivity contribution >= 4 is 34.9 Å². The molecular formula is C17H13Cl2N3O. The summed E-state index contributed by atoms with van der Waals surface area (Å²) in [4.78, 5) is 12.4. The summed E-state index contributed by atoms with van der Waals surface area (Å²) in [6.07, 6.45) is 1.64. The summed E-state index contributed by atoms with van der Waals surface area (Å²) in [7, 11) is 0. The number of halogens is 2. The van der Waals surface area contributed by atoms with Gasteiger partial charge in [0.25, 0.3) is 5.91 Å². The van der Waals surface area contributed by atoms with Crippen molar-refractivity contribution in [2.24, 2.45) is 0 Å². The van der Waals surface area contributed by atoms with Crippen LogP contribution in [0.2, 0.25) is 10.0 Å². The highest BCUT2D eigenvalue weighted by Crippen LogP contribution is 2.22. The number of hydrogen-bond donors (Lipinski definition) is 1. The van der Waals surface area contributed by atoms with Gasteiger partial charge in [-0.3, -0.25) is 4.79 Å². The van der Waals surface area contributed by atoms with E-state index < -0.39 is 0 Å². The molecule has 2 aromatic carbocycles. The van der Waals surface area contributed by atoms with E-state index in [0.29, 0.717) is 28.0 Å². The number of nitrogens with one attached hydrogen (secondary N) is 1. The number of benzene rings is 2. The fourth-order valence-electron chi connectivity index (χ4n) is 2.18. The first-order valence-corrected chi connectivity index (χ1v) is 7.71. The van der Waals surface area contributed by atoms with Gasteiger partial charge < -0.3 is 5.32 Å². The number of hydrogen-bond acceptors (Lipinski definition) is 2. The fourth-order valence-corrected chi connectivity index (χ4v) is 2.67. The van der Waals surface area contributed by atoms with Crippen molar-refractivity contribution in [3.05, 3.63) is 82.0 Å². The van der Waals surface area contributed by atoms with E-state index in [1.807, 2.05) is 30.3 Å². The maximum atomic E-state index is 12.4. The van der Waals surface area contributed by atoms with Crippen LogP contribution in [0.4, 0.5) is 5.82 Å². The van der Waals surface area contributed by atoms with Crippen LogP contribution in [0.3, 0.4) is 0 Å². The van der Waals surface area contributed by atoms with Crippen molar-refractivity contribution in [3.63, 3.8) is 0 Å². The average molecular weight is 346 g/mol. The Morgan fingerprint density at radius 1 is 1.09 bits per heavy atom. The van der Waals surface area contributed by atoms with Crippen LogP contribution in [0.25, 0.3) is 0 Å². The fraction of sp³-hybridized carbons (Fsp3) is 0.0588. The van der Waals surface area contributed by atoms with Crippen LogP contribution in [0.1, 0.15) is 15.9 Å². The van der Waals surface area contributed by atoms with E-state index in [9.17, 15) is 4.79 Å². The van der Waals surface area contributed by atoms with E-state index in [4.69, 9.17) is 23.2 Å². The zero-order chi connectivity index (χ0) is 16.2. The van der Waals surface area contributed by atoms with Crippen molar-refractivity contribution < 1.29 is 4.79 Å². The molecular weight excluding hydrogens is 333 g/mol. The Labute approximate surface area is 143 Å². The summed E-state index contributed by atoms with van der Waals surface area (Å²) in [5.74, 6) is 0.298. The minimum atomic E-state index is -0.304. The standard InChI is InChI=1S/C17H13Cl2N3O/c18-13-6-7-14(15(19)10-13)17(23)21-16-8-9-20-22(16)11-12-4-2-1-3-5-12/h1-10H,11H2,(H,21,23). The Hall–Kier alpha value is -2.30. The summed E-state index contributed by atoms with van der Waals surface area (Å²) in [5.41, 5.74) is 1.46. The molecule has 0 aliphatic carbocycles. The van der Waals surface area contributed by atoms with E-state index >= 15 is 0 Å². The van der Waals surface area contributed by atoms with Gasteiger partial charge >= 0.3 is 0 Å². The lowest BCUT2D eigenvalue weighted by Gasteiger charge is -2.10. The van der Waals surface area contributed by atoms with Gasteiger partial charge in [-0.1, -0.05) is 53.5 Å². The number of aromatic nitrogens is 2. The highest BCUT2D eigenvalue weighted by molar-refractivity contribution is 6.37. The minimum Gasteiger partial charge on any atom is -0.307 e. The normalized spacial score (nSPS) is 10.5. The first-order valence-electron chi connectivity index (χ1n) is 6.95. The highest BCUT2D eigenvalue weighted by Gasteiger charge is 2.13. The van der Waals surface area contributed by atoms with Gasteiger partial charge in [0.1, 0.15) is 5.82 Å². The molecule has 0 spiro atoms. The molecule has 0 saturated heterocycles. The van der Waals surface area contributed by atoms with Crippen LogP contribution >= 0.6 is 23.2 Å². The van der Waals surface area contributed by atoms with Crippen LogP contribution in [0.15, 0.2) is 60.8 Å². The molecule has 0 fully saturated rings. The second-order valence-corrected chi connectivity index (χ2v) is 5.78. The smallest absolute Gasteiger partial charge is 0.258 e. The van der Waals surface area contributed by atoms with Gasteiger partial charge in [0.2, 0.25) is 0 Å². The lowest BCUT2D eigenvalue weighted by atomic mass is 10.2. The number of carbonyl (C=O) groups is 1. The number of amides is 1. The Morgan fingerprint density at radius 2 is 1.87 bits per heavy atom. The van der Waals surface area contributed by atoms with Crippen molar-refractivity contribution in [2.75, 3.05) is 5.32 Å². The zero-order valence-corrected chi connectivity index (χ0v) is 13.6. The molecule has 0 unspecified atom stereocenters. The van der Waals surface area contributed by atoms with Crippen LogP contribution in [-0.4, -0.2) is 15.7 Å². The maximum absolute atomic E-state index is 12.4. The topological polar surface area (TPSA) is 46.9 Å². The summed E-state index contributed by atoms with van der Waals surface area (Å²) in [6, 6.07) is 16.4. The summed E-state index contributed by atoms with van der Waals surface area (Å²) in [6.45, 7) is 0.567. The van der Waals surface area contributed by atoms with Gasteiger partial charge in [-0.15, -0.1) is 0 Å². The molecule has 1 amide bonds. The third kappa shape index (κ3) is 3.73.